The highest BCUT2D eigenvalue weighted by Crippen LogP contribution is 2.27. The number of imide groups is 1. The van der Waals surface area contributed by atoms with Gasteiger partial charge in [-0.15, -0.1) is 0 Å². The number of piperidine rings is 2. The van der Waals surface area contributed by atoms with Gasteiger partial charge in [0.1, 0.15) is 6.04 Å². The van der Waals surface area contributed by atoms with Gasteiger partial charge in [0.2, 0.25) is 5.91 Å². The Kier molecular flexibility index (Phi) is 5.29. The highest BCUT2D eigenvalue weighted by molar-refractivity contribution is 6.00. The molecule has 152 valence electrons. The molecular weight excluding hydrogens is 368 g/mol. The summed E-state index contributed by atoms with van der Waals surface area (Å²) in [4.78, 5) is 39.0. The number of aryl methyl sites for hydroxylation is 1. The third kappa shape index (κ3) is 3.49. The summed E-state index contributed by atoms with van der Waals surface area (Å²) >= 11 is 0. The molecule has 7 nitrogen and oxygen atoms in total. The fourth-order valence-corrected chi connectivity index (χ4v) is 4.29. The van der Waals surface area contributed by atoms with E-state index in [1.54, 1.807) is 18.5 Å². The Bertz CT molecular complexity index is 1080. The number of likely N-dealkylation sites (tertiary alicyclic amines) is 1. The third-order valence-corrected chi connectivity index (χ3v) is 5.96. The van der Waals surface area contributed by atoms with Crippen LogP contribution in [0.15, 0.2) is 23.0 Å². The zero-order valence-electron chi connectivity index (χ0n) is 16.9. The highest BCUT2D eigenvalue weighted by Gasteiger charge is 2.36. The number of nitrogens with one attached hydrogen (secondary N) is 1. The second-order valence-electron chi connectivity index (χ2n) is 7.74. The number of rotatable bonds is 2. The maximum atomic E-state index is 13.0. The molecule has 2 amide bonds. The van der Waals surface area contributed by atoms with Crippen LogP contribution in [-0.4, -0.2) is 45.5 Å². The molecule has 1 atom stereocenters. The van der Waals surface area contributed by atoms with Crippen LogP contribution in [0.3, 0.4) is 0 Å². The Hall–Kier alpha value is -2.85. The minimum absolute atomic E-state index is 0.169. The first kappa shape index (κ1) is 19.5. The van der Waals surface area contributed by atoms with Gasteiger partial charge in [-0.25, -0.2) is 4.79 Å². The van der Waals surface area contributed by atoms with Crippen LogP contribution in [0, 0.1) is 17.8 Å². The van der Waals surface area contributed by atoms with Gasteiger partial charge in [0.05, 0.1) is 11.0 Å². The van der Waals surface area contributed by atoms with Crippen LogP contribution < -0.4 is 11.0 Å². The molecule has 0 bridgehead atoms. The molecule has 7 heteroatoms. The van der Waals surface area contributed by atoms with E-state index >= 15 is 0 Å². The van der Waals surface area contributed by atoms with Crippen molar-refractivity contribution in [2.24, 2.45) is 13.0 Å². The standard InChI is InChI=1S/C22H26N4O3/c1-3-25-20(27)9-8-18(21(25)28)26-17-7-6-16(14-19(17)24(2)22(26)29)5-4-15-10-12-23-13-11-15/h6-7,14-15,18,23H,3,8-13H2,1-2H3. The zero-order chi connectivity index (χ0) is 20.5. The van der Waals surface area contributed by atoms with E-state index in [-0.39, 0.29) is 23.9 Å². The largest absolute Gasteiger partial charge is 0.329 e. The van der Waals surface area contributed by atoms with E-state index in [0.717, 1.165) is 37.0 Å². The van der Waals surface area contributed by atoms with E-state index in [4.69, 9.17) is 0 Å². The second-order valence-corrected chi connectivity index (χ2v) is 7.74. The van der Waals surface area contributed by atoms with Gasteiger partial charge >= 0.3 is 5.69 Å². The smallest absolute Gasteiger partial charge is 0.317 e. The number of carbonyl (C=O) groups excluding carboxylic acids is 2. The molecule has 1 unspecified atom stereocenters. The van der Waals surface area contributed by atoms with Crippen molar-refractivity contribution < 1.29 is 9.59 Å². The number of carbonyl (C=O) groups is 2. The lowest BCUT2D eigenvalue weighted by molar-refractivity contribution is -0.150. The molecule has 0 aliphatic carbocycles. The summed E-state index contributed by atoms with van der Waals surface area (Å²) in [5, 5.41) is 3.34. The van der Waals surface area contributed by atoms with Crippen molar-refractivity contribution in [1.82, 2.24) is 19.4 Å². The lowest BCUT2D eigenvalue weighted by Crippen LogP contribution is -2.47. The molecule has 3 heterocycles. The number of hydrogen-bond acceptors (Lipinski definition) is 4. The monoisotopic (exact) mass is 394 g/mol. The van der Waals surface area contributed by atoms with E-state index in [9.17, 15) is 14.4 Å². The van der Waals surface area contributed by atoms with Crippen LogP contribution in [0.1, 0.15) is 44.2 Å². The first-order valence-electron chi connectivity index (χ1n) is 10.3. The number of nitrogens with zero attached hydrogens (tertiary/aromatic N) is 3. The number of likely N-dealkylation sites (N-methyl/N-ethyl adjacent to an activating group) is 1. The molecule has 29 heavy (non-hydrogen) atoms. The lowest BCUT2D eigenvalue weighted by atomic mass is 9.98. The number of imidazole rings is 1. The minimum atomic E-state index is -0.643. The molecule has 2 aromatic rings. The third-order valence-electron chi connectivity index (χ3n) is 5.96. The van der Waals surface area contributed by atoms with E-state index in [1.165, 1.54) is 9.47 Å². The van der Waals surface area contributed by atoms with Crippen LogP contribution in [0.4, 0.5) is 0 Å². The maximum Gasteiger partial charge on any atom is 0.329 e. The predicted octanol–water partition coefficient (Wildman–Crippen LogP) is 1.40. The molecule has 1 aromatic carbocycles. The number of hydrogen-bond donors (Lipinski definition) is 1. The van der Waals surface area contributed by atoms with E-state index in [2.05, 4.69) is 17.2 Å². The lowest BCUT2D eigenvalue weighted by Gasteiger charge is -2.30. The van der Waals surface area contributed by atoms with Gasteiger partial charge in [0, 0.05) is 31.5 Å². The summed E-state index contributed by atoms with van der Waals surface area (Å²) in [5.74, 6) is 6.53. The first-order chi connectivity index (χ1) is 14.0. The fourth-order valence-electron chi connectivity index (χ4n) is 4.29. The van der Waals surface area contributed by atoms with Gasteiger partial charge in [-0.05, 0) is 57.5 Å². The van der Waals surface area contributed by atoms with Crippen LogP contribution in [0.25, 0.3) is 11.0 Å². The van der Waals surface area contributed by atoms with E-state index < -0.39 is 6.04 Å². The Morgan fingerprint density at radius 1 is 1.10 bits per heavy atom. The number of benzene rings is 1. The summed E-state index contributed by atoms with van der Waals surface area (Å²) in [5.41, 5.74) is 2.07. The molecule has 2 fully saturated rings. The Labute approximate surface area is 169 Å². The van der Waals surface area contributed by atoms with Gasteiger partial charge in [-0.1, -0.05) is 11.8 Å². The summed E-state index contributed by atoms with van der Waals surface area (Å²) in [6.07, 6.45) is 2.73. The highest BCUT2D eigenvalue weighted by atomic mass is 16.2. The molecule has 2 aliphatic heterocycles. The van der Waals surface area contributed by atoms with Crippen LogP contribution in [-0.2, 0) is 16.6 Å². The molecule has 1 aromatic heterocycles. The van der Waals surface area contributed by atoms with Crippen LogP contribution in [0.5, 0.6) is 0 Å². The average molecular weight is 394 g/mol. The van der Waals surface area contributed by atoms with Gasteiger partial charge in [-0.2, -0.15) is 0 Å². The Morgan fingerprint density at radius 2 is 1.86 bits per heavy atom. The Morgan fingerprint density at radius 3 is 2.59 bits per heavy atom. The van der Waals surface area contributed by atoms with Crippen molar-refractivity contribution in [1.29, 1.82) is 0 Å². The molecule has 2 aliphatic rings. The summed E-state index contributed by atoms with van der Waals surface area (Å²) in [6.45, 7) is 4.10. The van der Waals surface area contributed by atoms with Gasteiger partial charge < -0.3 is 5.32 Å². The van der Waals surface area contributed by atoms with Gasteiger partial charge in [0.25, 0.3) is 5.91 Å². The molecular formula is C22H26N4O3. The Balaban J connectivity index is 1.71. The first-order valence-corrected chi connectivity index (χ1v) is 10.3. The minimum Gasteiger partial charge on any atom is -0.317 e. The maximum absolute atomic E-state index is 13.0. The van der Waals surface area contributed by atoms with Gasteiger partial charge in [-0.3, -0.25) is 23.6 Å². The quantitative estimate of drug-likeness (QED) is 0.617. The molecule has 2 saturated heterocycles. The van der Waals surface area contributed by atoms with Crippen molar-refractivity contribution in [3.05, 3.63) is 34.2 Å². The van der Waals surface area contributed by atoms with Crippen LogP contribution >= 0.6 is 0 Å². The zero-order valence-corrected chi connectivity index (χ0v) is 16.9. The number of fused-ring (bicyclic) bond motifs is 1. The normalized spacial score (nSPS) is 20.8. The summed E-state index contributed by atoms with van der Waals surface area (Å²) < 4.78 is 3.10. The number of amides is 2. The van der Waals surface area contributed by atoms with Crippen molar-refractivity contribution >= 4 is 22.8 Å². The van der Waals surface area contributed by atoms with E-state index in [1.807, 2.05) is 18.2 Å². The van der Waals surface area contributed by atoms with Crippen LogP contribution in [0.2, 0.25) is 0 Å². The second kappa shape index (κ2) is 7.88. The molecule has 0 saturated carbocycles. The van der Waals surface area contributed by atoms with E-state index in [0.29, 0.717) is 24.4 Å². The number of aromatic nitrogens is 2. The fraction of sp³-hybridized carbons (Fsp3) is 0.500. The van der Waals surface area contributed by atoms with Crippen molar-refractivity contribution in [2.45, 2.75) is 38.6 Å². The average Bonchev–Trinajstić information content (AvgIpc) is 2.98. The molecule has 0 radical (unpaired) electrons. The molecule has 0 spiro atoms. The van der Waals surface area contributed by atoms with Gasteiger partial charge in [0.15, 0.2) is 0 Å². The predicted molar refractivity (Wildman–Crippen MR) is 110 cm³/mol. The van der Waals surface area contributed by atoms with Crippen molar-refractivity contribution in [2.75, 3.05) is 19.6 Å². The van der Waals surface area contributed by atoms with Crippen molar-refractivity contribution in [3.8, 4) is 11.8 Å². The van der Waals surface area contributed by atoms with Crippen molar-refractivity contribution in [3.63, 3.8) is 0 Å². The molecule has 4 rings (SSSR count). The SMILES string of the molecule is CCN1C(=O)CCC(n2c(=O)n(C)c3cc(C#CC4CCNCC4)ccc32)C1=O. The molecule has 1 N–H and O–H groups in total. The topological polar surface area (TPSA) is 76.3 Å². The summed E-state index contributed by atoms with van der Waals surface area (Å²) in [6, 6.07) is 5.04. The summed E-state index contributed by atoms with van der Waals surface area (Å²) in [7, 11) is 1.71.